The molecule has 182 valence electrons. The molecule has 2 saturated heterocycles. The first-order valence-electron chi connectivity index (χ1n) is 12.1. The molecule has 8 heteroatoms. The van der Waals surface area contributed by atoms with Gasteiger partial charge >= 0.3 is 0 Å². The number of pyridine rings is 1. The monoisotopic (exact) mass is 473 g/mol. The topological polar surface area (TPSA) is 81.2 Å². The van der Waals surface area contributed by atoms with E-state index in [4.69, 9.17) is 9.94 Å². The minimum Gasteiger partial charge on any atom is -0.378 e. The summed E-state index contributed by atoms with van der Waals surface area (Å²) in [5.74, 6) is -0.491. The summed E-state index contributed by atoms with van der Waals surface area (Å²) in [4.78, 5) is 23.3. The lowest BCUT2D eigenvalue weighted by atomic mass is 10.1. The SMILES string of the molecule is O=C(NO)c1ccc(CN2CCN(c3ccnc(-c4ccc(N5CCOCC5)cc4)c3)CC2)cc1. The van der Waals surface area contributed by atoms with Crippen LogP contribution in [-0.4, -0.2) is 73.5 Å². The van der Waals surface area contributed by atoms with Gasteiger partial charge in [-0.15, -0.1) is 0 Å². The highest BCUT2D eigenvalue weighted by atomic mass is 16.5. The summed E-state index contributed by atoms with van der Waals surface area (Å²) in [5.41, 5.74) is 7.82. The third-order valence-corrected chi connectivity index (χ3v) is 6.74. The van der Waals surface area contributed by atoms with E-state index in [9.17, 15) is 4.79 Å². The van der Waals surface area contributed by atoms with Gasteiger partial charge in [-0.05, 0) is 42.0 Å². The van der Waals surface area contributed by atoms with Gasteiger partial charge < -0.3 is 14.5 Å². The number of ether oxygens (including phenoxy) is 1. The highest BCUT2D eigenvalue weighted by Gasteiger charge is 2.18. The Labute approximate surface area is 205 Å². The zero-order valence-corrected chi connectivity index (χ0v) is 19.8. The number of nitrogens with zero attached hydrogens (tertiary/aromatic N) is 4. The molecule has 0 radical (unpaired) electrons. The molecule has 5 rings (SSSR count). The molecule has 2 N–H and O–H groups in total. The Hall–Kier alpha value is -3.46. The molecule has 0 aliphatic carbocycles. The number of hydroxylamine groups is 1. The summed E-state index contributed by atoms with van der Waals surface area (Å²) in [6, 6.07) is 20.3. The fourth-order valence-electron chi connectivity index (χ4n) is 4.69. The number of carbonyl (C=O) groups is 1. The lowest BCUT2D eigenvalue weighted by Gasteiger charge is -2.36. The van der Waals surface area contributed by atoms with Gasteiger partial charge in [-0.1, -0.05) is 24.3 Å². The van der Waals surface area contributed by atoms with Crippen molar-refractivity contribution in [2.45, 2.75) is 6.54 Å². The van der Waals surface area contributed by atoms with Crippen molar-refractivity contribution in [2.75, 3.05) is 62.3 Å². The second-order valence-electron chi connectivity index (χ2n) is 8.95. The van der Waals surface area contributed by atoms with Gasteiger partial charge in [-0.25, -0.2) is 5.48 Å². The van der Waals surface area contributed by atoms with Crippen LogP contribution in [0.5, 0.6) is 0 Å². The maximum absolute atomic E-state index is 11.5. The first-order valence-corrected chi connectivity index (χ1v) is 12.1. The van der Waals surface area contributed by atoms with Crippen LogP contribution >= 0.6 is 0 Å². The van der Waals surface area contributed by atoms with Crippen LogP contribution in [0.1, 0.15) is 15.9 Å². The maximum atomic E-state index is 11.5. The van der Waals surface area contributed by atoms with Crippen LogP contribution in [0.3, 0.4) is 0 Å². The fourth-order valence-corrected chi connectivity index (χ4v) is 4.69. The normalized spacial score (nSPS) is 16.8. The van der Waals surface area contributed by atoms with Crippen molar-refractivity contribution >= 4 is 17.3 Å². The smallest absolute Gasteiger partial charge is 0.274 e. The van der Waals surface area contributed by atoms with E-state index < -0.39 is 5.91 Å². The third kappa shape index (κ3) is 5.62. The fraction of sp³-hybridized carbons (Fsp3) is 0.333. The van der Waals surface area contributed by atoms with Gasteiger partial charge in [0.15, 0.2) is 0 Å². The van der Waals surface area contributed by atoms with Gasteiger partial charge in [0, 0.05) is 74.5 Å². The van der Waals surface area contributed by atoms with Gasteiger partial charge in [-0.3, -0.25) is 19.9 Å². The largest absolute Gasteiger partial charge is 0.378 e. The molecular weight excluding hydrogens is 442 g/mol. The van der Waals surface area contributed by atoms with E-state index in [0.717, 1.165) is 75.8 Å². The van der Waals surface area contributed by atoms with E-state index >= 15 is 0 Å². The Morgan fingerprint density at radius 3 is 2.23 bits per heavy atom. The highest BCUT2D eigenvalue weighted by molar-refractivity contribution is 5.93. The molecular formula is C27H31N5O3. The van der Waals surface area contributed by atoms with Crippen molar-refractivity contribution in [1.29, 1.82) is 0 Å². The van der Waals surface area contributed by atoms with Crippen LogP contribution in [0.4, 0.5) is 11.4 Å². The standard InChI is InChI=1S/C27H31N5O3/c33-27(29-34)23-3-1-21(2-4-23)20-30-11-13-31(14-12-30)25-9-10-28-26(19-25)22-5-7-24(8-6-22)32-15-17-35-18-16-32/h1-10,19,34H,11-18,20H2,(H,29,33). The van der Waals surface area contributed by atoms with Crippen LogP contribution in [0.2, 0.25) is 0 Å². The summed E-state index contributed by atoms with van der Waals surface area (Å²) in [5, 5.41) is 8.76. The minimum atomic E-state index is -0.491. The van der Waals surface area contributed by atoms with Gasteiger partial charge in [0.25, 0.3) is 5.91 Å². The van der Waals surface area contributed by atoms with Crippen molar-refractivity contribution in [3.05, 3.63) is 78.0 Å². The zero-order chi connectivity index (χ0) is 24.0. The summed E-state index contributed by atoms with van der Waals surface area (Å²) >= 11 is 0. The van der Waals surface area contributed by atoms with E-state index in [1.54, 1.807) is 17.6 Å². The number of anilines is 2. The Bertz CT molecular complexity index is 1120. The molecule has 2 aromatic carbocycles. The van der Waals surface area contributed by atoms with E-state index in [1.807, 2.05) is 18.3 Å². The van der Waals surface area contributed by atoms with E-state index in [0.29, 0.717) is 5.56 Å². The predicted molar refractivity (Wildman–Crippen MR) is 136 cm³/mol. The number of carbonyl (C=O) groups excluding carboxylic acids is 1. The van der Waals surface area contributed by atoms with Gasteiger partial charge in [-0.2, -0.15) is 0 Å². The minimum absolute atomic E-state index is 0.449. The number of hydrogen-bond acceptors (Lipinski definition) is 7. The van der Waals surface area contributed by atoms with Gasteiger partial charge in [0.1, 0.15) is 0 Å². The van der Waals surface area contributed by atoms with Crippen molar-refractivity contribution in [1.82, 2.24) is 15.4 Å². The predicted octanol–water partition coefficient (Wildman–Crippen LogP) is 3.03. The van der Waals surface area contributed by atoms with Crippen LogP contribution in [0, 0.1) is 0 Å². The lowest BCUT2D eigenvalue weighted by Crippen LogP contribution is -2.46. The molecule has 0 saturated carbocycles. The van der Waals surface area contributed by atoms with E-state index in [2.05, 4.69) is 56.1 Å². The van der Waals surface area contributed by atoms with Crippen LogP contribution < -0.4 is 15.3 Å². The number of aromatic nitrogens is 1. The molecule has 2 fully saturated rings. The number of morpholine rings is 1. The molecule has 2 aliphatic rings. The molecule has 1 aromatic heterocycles. The molecule has 0 atom stereocenters. The Balaban J connectivity index is 1.18. The van der Waals surface area contributed by atoms with Crippen molar-refractivity contribution in [3.8, 4) is 11.3 Å². The maximum Gasteiger partial charge on any atom is 0.274 e. The second-order valence-corrected chi connectivity index (χ2v) is 8.95. The Kier molecular flexibility index (Phi) is 7.23. The van der Waals surface area contributed by atoms with E-state index in [1.165, 1.54) is 11.4 Å². The number of piperazine rings is 1. The molecule has 0 bridgehead atoms. The van der Waals surface area contributed by atoms with Crippen molar-refractivity contribution in [2.24, 2.45) is 0 Å². The Morgan fingerprint density at radius 2 is 1.54 bits per heavy atom. The average molecular weight is 474 g/mol. The molecule has 35 heavy (non-hydrogen) atoms. The molecule has 0 spiro atoms. The molecule has 3 heterocycles. The number of amides is 1. The van der Waals surface area contributed by atoms with Crippen molar-refractivity contribution in [3.63, 3.8) is 0 Å². The van der Waals surface area contributed by atoms with Gasteiger partial charge in [0.2, 0.25) is 0 Å². The molecule has 3 aromatic rings. The van der Waals surface area contributed by atoms with Crippen LogP contribution in [0.25, 0.3) is 11.3 Å². The molecule has 1 amide bonds. The highest BCUT2D eigenvalue weighted by Crippen LogP contribution is 2.26. The average Bonchev–Trinajstić information content (AvgIpc) is 2.94. The summed E-state index contributed by atoms with van der Waals surface area (Å²) in [6.07, 6.45) is 1.90. The zero-order valence-electron chi connectivity index (χ0n) is 19.8. The summed E-state index contributed by atoms with van der Waals surface area (Å²) in [7, 11) is 0. The third-order valence-electron chi connectivity index (χ3n) is 6.74. The molecule has 0 unspecified atom stereocenters. The van der Waals surface area contributed by atoms with Crippen molar-refractivity contribution < 1.29 is 14.7 Å². The first kappa shape index (κ1) is 23.3. The van der Waals surface area contributed by atoms with E-state index in [-0.39, 0.29) is 0 Å². The first-order chi connectivity index (χ1) is 17.2. The van der Waals surface area contributed by atoms with Gasteiger partial charge in [0.05, 0.1) is 18.9 Å². The van der Waals surface area contributed by atoms with Crippen LogP contribution in [0.15, 0.2) is 66.9 Å². The molecule has 8 nitrogen and oxygen atoms in total. The van der Waals surface area contributed by atoms with Crippen LogP contribution in [-0.2, 0) is 11.3 Å². The number of benzene rings is 2. The number of rotatable bonds is 6. The lowest BCUT2D eigenvalue weighted by molar-refractivity contribution is 0.0706. The molecule has 2 aliphatic heterocycles. The number of hydrogen-bond donors (Lipinski definition) is 2. The number of nitrogens with one attached hydrogen (secondary N) is 1. The Morgan fingerprint density at radius 1 is 0.857 bits per heavy atom. The summed E-state index contributed by atoms with van der Waals surface area (Å²) < 4.78 is 5.46. The quantitative estimate of drug-likeness (QED) is 0.421. The summed E-state index contributed by atoms with van der Waals surface area (Å²) in [6.45, 7) is 8.11. The second kappa shape index (κ2) is 10.9.